The lowest BCUT2D eigenvalue weighted by molar-refractivity contribution is 0.242. The average molecular weight is 310 g/mol. The van der Waals surface area contributed by atoms with Crippen LogP contribution in [-0.4, -0.2) is 11.1 Å². The molecule has 0 aliphatic heterocycles. The molecule has 2 rings (SSSR count). The number of hydrogen-bond acceptors (Lipinski definition) is 2. The number of ether oxygens (including phenoxy) is 1. The van der Waals surface area contributed by atoms with E-state index in [0.29, 0.717) is 11.4 Å². The number of rotatable bonds is 5. The third-order valence-corrected chi connectivity index (χ3v) is 3.59. The molecule has 106 valence electrons. The lowest BCUT2D eigenvalue weighted by atomic mass is 10.0. The molecule has 0 N–H and O–H groups in total. The molecule has 0 bridgehead atoms. The highest BCUT2D eigenvalue weighted by Crippen LogP contribution is 2.30. The van der Waals surface area contributed by atoms with Crippen LogP contribution in [-0.2, 0) is 6.42 Å². The highest BCUT2D eigenvalue weighted by Gasteiger charge is 2.12. The Morgan fingerprint density at radius 1 is 1.25 bits per heavy atom. The summed E-state index contributed by atoms with van der Waals surface area (Å²) in [5.41, 5.74) is 2.02. The van der Waals surface area contributed by atoms with Crippen LogP contribution in [0.3, 0.4) is 0 Å². The Hall–Kier alpha value is -1.25. The first kappa shape index (κ1) is 15.1. The molecular weight excluding hydrogens is 293 g/mol. The molecule has 0 aliphatic carbocycles. The number of pyridine rings is 1. The summed E-state index contributed by atoms with van der Waals surface area (Å²) < 4.78 is 5.68. The van der Waals surface area contributed by atoms with Gasteiger partial charge in [-0.05, 0) is 49.6 Å². The number of alkyl halides is 1. The van der Waals surface area contributed by atoms with Crippen LogP contribution in [0.4, 0.5) is 0 Å². The van der Waals surface area contributed by atoms with Crippen molar-refractivity contribution in [2.24, 2.45) is 0 Å². The van der Waals surface area contributed by atoms with E-state index in [9.17, 15) is 0 Å². The van der Waals surface area contributed by atoms with Crippen molar-refractivity contribution in [3.05, 3.63) is 58.9 Å². The first-order chi connectivity index (χ1) is 9.56. The number of hydrogen-bond donors (Lipinski definition) is 0. The summed E-state index contributed by atoms with van der Waals surface area (Å²) >= 11 is 12.6. The van der Waals surface area contributed by atoms with Gasteiger partial charge in [0.2, 0.25) is 0 Å². The van der Waals surface area contributed by atoms with Gasteiger partial charge >= 0.3 is 0 Å². The third-order valence-electron chi connectivity index (χ3n) is 2.85. The van der Waals surface area contributed by atoms with Gasteiger partial charge in [0.1, 0.15) is 5.75 Å². The summed E-state index contributed by atoms with van der Waals surface area (Å²) in [5, 5.41) is 0.498. The molecule has 1 unspecified atom stereocenters. The van der Waals surface area contributed by atoms with E-state index < -0.39 is 0 Å². The Balaban J connectivity index is 2.13. The lowest BCUT2D eigenvalue weighted by Gasteiger charge is -2.14. The topological polar surface area (TPSA) is 22.1 Å². The van der Waals surface area contributed by atoms with E-state index in [1.807, 2.05) is 44.2 Å². The average Bonchev–Trinajstić information content (AvgIpc) is 2.41. The summed E-state index contributed by atoms with van der Waals surface area (Å²) in [5.74, 6) is 0.837. The number of benzene rings is 1. The molecule has 0 spiro atoms. The van der Waals surface area contributed by atoms with Gasteiger partial charge in [-0.1, -0.05) is 23.7 Å². The van der Waals surface area contributed by atoms with E-state index in [1.165, 1.54) is 0 Å². The van der Waals surface area contributed by atoms with Gasteiger partial charge in [-0.25, -0.2) is 0 Å². The molecule has 0 aliphatic rings. The molecule has 2 aromatic rings. The first-order valence-electron chi connectivity index (χ1n) is 6.55. The van der Waals surface area contributed by atoms with E-state index in [0.717, 1.165) is 16.9 Å². The normalized spacial score (nSPS) is 12.4. The third kappa shape index (κ3) is 4.12. The van der Waals surface area contributed by atoms with Gasteiger partial charge in [-0.15, -0.1) is 11.6 Å². The Kier molecular flexibility index (Phi) is 5.27. The SMILES string of the molecule is CC(C)Oc1cccc(C(Cl)Cc2ccncc2Cl)c1. The Morgan fingerprint density at radius 2 is 2.05 bits per heavy atom. The highest BCUT2D eigenvalue weighted by atomic mass is 35.5. The van der Waals surface area contributed by atoms with Crippen molar-refractivity contribution in [2.45, 2.75) is 31.7 Å². The van der Waals surface area contributed by atoms with Gasteiger partial charge in [-0.3, -0.25) is 4.98 Å². The molecule has 4 heteroatoms. The van der Waals surface area contributed by atoms with Gasteiger partial charge < -0.3 is 4.74 Å². The molecule has 0 saturated carbocycles. The van der Waals surface area contributed by atoms with Gasteiger partial charge in [0.05, 0.1) is 16.5 Å². The van der Waals surface area contributed by atoms with Gasteiger partial charge in [0, 0.05) is 12.4 Å². The van der Waals surface area contributed by atoms with Crippen molar-refractivity contribution in [3.8, 4) is 5.75 Å². The van der Waals surface area contributed by atoms with Crippen LogP contribution >= 0.6 is 23.2 Å². The molecule has 0 fully saturated rings. The quantitative estimate of drug-likeness (QED) is 0.721. The molecule has 2 nitrogen and oxygen atoms in total. The van der Waals surface area contributed by atoms with Crippen molar-refractivity contribution in [1.82, 2.24) is 4.98 Å². The monoisotopic (exact) mass is 309 g/mol. The standard InChI is InChI=1S/C16H17Cl2NO/c1-11(2)20-14-5-3-4-12(8-14)15(17)9-13-6-7-19-10-16(13)18/h3-8,10-11,15H,9H2,1-2H3. The zero-order chi connectivity index (χ0) is 14.5. The molecular formula is C16H17Cl2NO. The minimum absolute atomic E-state index is 0.147. The maximum Gasteiger partial charge on any atom is 0.120 e. The second-order valence-corrected chi connectivity index (χ2v) is 5.81. The maximum atomic E-state index is 6.49. The number of halogens is 2. The fraction of sp³-hybridized carbons (Fsp3) is 0.312. The second kappa shape index (κ2) is 6.96. The van der Waals surface area contributed by atoms with Crippen LogP contribution in [0.1, 0.15) is 30.4 Å². The molecule has 1 aromatic heterocycles. The van der Waals surface area contributed by atoms with Crippen LogP contribution in [0.25, 0.3) is 0 Å². The predicted octanol–water partition coefficient (Wildman–Crippen LogP) is 5.04. The van der Waals surface area contributed by atoms with Crippen molar-refractivity contribution in [2.75, 3.05) is 0 Å². The molecule has 1 atom stereocenters. The van der Waals surface area contributed by atoms with E-state index in [-0.39, 0.29) is 11.5 Å². The number of aromatic nitrogens is 1. The van der Waals surface area contributed by atoms with Crippen LogP contribution in [0.15, 0.2) is 42.7 Å². The second-order valence-electron chi connectivity index (χ2n) is 4.88. The highest BCUT2D eigenvalue weighted by molar-refractivity contribution is 6.31. The smallest absolute Gasteiger partial charge is 0.120 e. The Labute approximate surface area is 129 Å². The van der Waals surface area contributed by atoms with E-state index in [2.05, 4.69) is 4.98 Å². The Bertz CT molecular complexity index is 572. The number of nitrogens with zero attached hydrogens (tertiary/aromatic N) is 1. The van der Waals surface area contributed by atoms with Crippen molar-refractivity contribution in [3.63, 3.8) is 0 Å². The van der Waals surface area contributed by atoms with Gasteiger partial charge in [0.25, 0.3) is 0 Å². The van der Waals surface area contributed by atoms with E-state index in [1.54, 1.807) is 12.4 Å². The van der Waals surface area contributed by atoms with Gasteiger partial charge in [-0.2, -0.15) is 0 Å². The fourth-order valence-corrected chi connectivity index (χ4v) is 2.43. The van der Waals surface area contributed by atoms with Crippen LogP contribution in [0, 0.1) is 0 Å². The fourth-order valence-electron chi connectivity index (χ4n) is 1.94. The predicted molar refractivity (Wildman–Crippen MR) is 83.8 cm³/mol. The van der Waals surface area contributed by atoms with Crippen molar-refractivity contribution >= 4 is 23.2 Å². The lowest BCUT2D eigenvalue weighted by Crippen LogP contribution is -2.06. The summed E-state index contributed by atoms with van der Waals surface area (Å²) in [7, 11) is 0. The summed E-state index contributed by atoms with van der Waals surface area (Å²) in [4.78, 5) is 3.98. The van der Waals surface area contributed by atoms with Crippen LogP contribution in [0.5, 0.6) is 5.75 Å². The molecule has 1 heterocycles. The first-order valence-corrected chi connectivity index (χ1v) is 7.37. The molecule has 0 amide bonds. The zero-order valence-electron chi connectivity index (χ0n) is 11.5. The van der Waals surface area contributed by atoms with E-state index in [4.69, 9.17) is 27.9 Å². The van der Waals surface area contributed by atoms with Crippen LogP contribution < -0.4 is 4.74 Å². The Morgan fingerprint density at radius 3 is 2.75 bits per heavy atom. The van der Waals surface area contributed by atoms with Crippen molar-refractivity contribution < 1.29 is 4.74 Å². The van der Waals surface area contributed by atoms with Gasteiger partial charge in [0.15, 0.2) is 0 Å². The zero-order valence-corrected chi connectivity index (χ0v) is 13.0. The summed E-state index contributed by atoms with van der Waals surface area (Å²) in [6.45, 7) is 4.00. The molecule has 1 aromatic carbocycles. The van der Waals surface area contributed by atoms with E-state index >= 15 is 0 Å². The largest absolute Gasteiger partial charge is 0.491 e. The minimum atomic E-state index is -0.148. The molecule has 0 radical (unpaired) electrons. The summed E-state index contributed by atoms with van der Waals surface area (Å²) in [6, 6.07) is 9.77. The molecule has 0 saturated heterocycles. The summed E-state index contributed by atoms with van der Waals surface area (Å²) in [6.07, 6.45) is 4.17. The molecule has 20 heavy (non-hydrogen) atoms. The minimum Gasteiger partial charge on any atom is -0.491 e. The van der Waals surface area contributed by atoms with Crippen molar-refractivity contribution in [1.29, 1.82) is 0 Å². The maximum absolute atomic E-state index is 6.49. The van der Waals surface area contributed by atoms with Crippen LogP contribution in [0.2, 0.25) is 5.02 Å².